The average molecular weight is 236 g/mol. The largest absolute Gasteiger partial charge is 0.467 e. The molecule has 1 aliphatic heterocycles. The first-order chi connectivity index (χ1) is 8.24. The molecule has 1 amide bonds. The average Bonchev–Trinajstić information content (AvgIpc) is 2.79. The molecule has 0 bridgehead atoms. The molecule has 0 aliphatic carbocycles. The summed E-state index contributed by atoms with van der Waals surface area (Å²) in [6.45, 7) is 5.31. The zero-order chi connectivity index (χ0) is 12.1. The van der Waals surface area contributed by atoms with Gasteiger partial charge in [-0.15, -0.1) is 0 Å². The second-order valence-corrected chi connectivity index (χ2v) is 4.84. The van der Waals surface area contributed by atoms with Gasteiger partial charge in [0.2, 0.25) is 5.91 Å². The lowest BCUT2D eigenvalue weighted by Crippen LogP contribution is -2.41. The molecule has 0 saturated carbocycles. The molecule has 1 atom stereocenters. The fourth-order valence-electron chi connectivity index (χ4n) is 2.29. The highest BCUT2D eigenvalue weighted by Crippen LogP contribution is 2.14. The minimum Gasteiger partial charge on any atom is -0.467 e. The van der Waals surface area contributed by atoms with E-state index in [0.29, 0.717) is 19.0 Å². The Labute approximate surface area is 102 Å². The molecule has 1 saturated heterocycles. The molecule has 4 nitrogen and oxygen atoms in total. The van der Waals surface area contributed by atoms with E-state index in [1.807, 2.05) is 12.1 Å². The summed E-state index contributed by atoms with van der Waals surface area (Å²) in [6, 6.07) is 3.69. The van der Waals surface area contributed by atoms with Crippen molar-refractivity contribution in [2.45, 2.75) is 26.3 Å². The van der Waals surface area contributed by atoms with E-state index in [1.54, 1.807) is 6.26 Å². The Balaban J connectivity index is 1.70. The van der Waals surface area contributed by atoms with E-state index in [-0.39, 0.29) is 5.91 Å². The van der Waals surface area contributed by atoms with Gasteiger partial charge < -0.3 is 9.73 Å². The van der Waals surface area contributed by atoms with Gasteiger partial charge in [-0.2, -0.15) is 0 Å². The number of likely N-dealkylation sites (tertiary alicyclic amines) is 1. The highest BCUT2D eigenvalue weighted by atomic mass is 16.3. The molecule has 0 unspecified atom stereocenters. The molecule has 2 heterocycles. The molecule has 1 aromatic heterocycles. The van der Waals surface area contributed by atoms with Crippen LogP contribution in [-0.4, -0.2) is 30.4 Å². The Kier molecular flexibility index (Phi) is 4.20. The lowest BCUT2D eigenvalue weighted by molar-refractivity contribution is -0.122. The highest BCUT2D eigenvalue weighted by molar-refractivity contribution is 5.77. The van der Waals surface area contributed by atoms with Crippen molar-refractivity contribution in [1.29, 1.82) is 0 Å². The number of nitrogens with zero attached hydrogens (tertiary/aromatic N) is 1. The first-order valence-corrected chi connectivity index (χ1v) is 6.25. The van der Waals surface area contributed by atoms with Crippen molar-refractivity contribution in [3.8, 4) is 0 Å². The molecule has 0 radical (unpaired) electrons. The van der Waals surface area contributed by atoms with Crippen molar-refractivity contribution in [3.05, 3.63) is 24.2 Å². The van der Waals surface area contributed by atoms with Crippen LogP contribution in [0.5, 0.6) is 0 Å². The summed E-state index contributed by atoms with van der Waals surface area (Å²) >= 11 is 0. The van der Waals surface area contributed by atoms with Crippen LogP contribution in [0, 0.1) is 5.92 Å². The Morgan fingerprint density at radius 1 is 1.65 bits per heavy atom. The van der Waals surface area contributed by atoms with Crippen LogP contribution in [0.25, 0.3) is 0 Å². The Morgan fingerprint density at radius 3 is 3.24 bits per heavy atom. The summed E-state index contributed by atoms with van der Waals surface area (Å²) in [5.41, 5.74) is 0. The first-order valence-electron chi connectivity index (χ1n) is 6.25. The van der Waals surface area contributed by atoms with E-state index in [1.165, 1.54) is 12.8 Å². The van der Waals surface area contributed by atoms with Crippen LogP contribution in [0.1, 0.15) is 25.5 Å². The van der Waals surface area contributed by atoms with Gasteiger partial charge in [0.15, 0.2) is 0 Å². The van der Waals surface area contributed by atoms with E-state index in [2.05, 4.69) is 17.1 Å². The molecule has 1 aromatic rings. The van der Waals surface area contributed by atoms with Crippen molar-refractivity contribution in [3.63, 3.8) is 0 Å². The van der Waals surface area contributed by atoms with Crippen LogP contribution in [0.15, 0.2) is 22.8 Å². The van der Waals surface area contributed by atoms with Crippen LogP contribution in [0.3, 0.4) is 0 Å². The number of hydrogen-bond acceptors (Lipinski definition) is 3. The summed E-state index contributed by atoms with van der Waals surface area (Å²) in [7, 11) is 0. The molecular formula is C13H20N2O2. The molecule has 0 spiro atoms. The fraction of sp³-hybridized carbons (Fsp3) is 0.615. The Morgan fingerprint density at radius 2 is 2.53 bits per heavy atom. The standard InChI is InChI=1S/C13H20N2O2/c1-11-4-2-6-15(9-11)10-13(16)14-8-12-5-3-7-17-12/h3,5,7,11H,2,4,6,8-10H2,1H3,(H,14,16)/t11-/m0/s1. The molecule has 1 N–H and O–H groups in total. The van der Waals surface area contributed by atoms with Gasteiger partial charge in [-0.05, 0) is 37.4 Å². The van der Waals surface area contributed by atoms with Crippen molar-refractivity contribution in [2.75, 3.05) is 19.6 Å². The van der Waals surface area contributed by atoms with Gasteiger partial charge in [0, 0.05) is 6.54 Å². The van der Waals surface area contributed by atoms with Gasteiger partial charge in [0.1, 0.15) is 5.76 Å². The summed E-state index contributed by atoms with van der Waals surface area (Å²) in [6.07, 6.45) is 4.10. The molecule has 0 aromatic carbocycles. The van der Waals surface area contributed by atoms with Crippen LogP contribution in [0.4, 0.5) is 0 Å². The maximum Gasteiger partial charge on any atom is 0.234 e. The number of furan rings is 1. The predicted octanol–water partition coefficient (Wildman–Crippen LogP) is 1.63. The minimum atomic E-state index is 0.0792. The maximum absolute atomic E-state index is 11.7. The third-order valence-corrected chi connectivity index (χ3v) is 3.15. The van der Waals surface area contributed by atoms with Gasteiger partial charge in [-0.1, -0.05) is 6.92 Å². The number of hydrogen-bond donors (Lipinski definition) is 1. The minimum absolute atomic E-state index is 0.0792. The summed E-state index contributed by atoms with van der Waals surface area (Å²) in [4.78, 5) is 13.9. The molecule has 4 heteroatoms. The summed E-state index contributed by atoms with van der Waals surface area (Å²) < 4.78 is 5.16. The van der Waals surface area contributed by atoms with Gasteiger partial charge >= 0.3 is 0 Å². The number of piperidine rings is 1. The lowest BCUT2D eigenvalue weighted by atomic mass is 10.0. The third-order valence-electron chi connectivity index (χ3n) is 3.15. The van der Waals surface area contributed by atoms with Crippen molar-refractivity contribution in [1.82, 2.24) is 10.2 Å². The molecule has 2 rings (SSSR count). The number of rotatable bonds is 4. The second-order valence-electron chi connectivity index (χ2n) is 4.84. The molecule has 1 fully saturated rings. The smallest absolute Gasteiger partial charge is 0.234 e. The molecule has 94 valence electrons. The van der Waals surface area contributed by atoms with E-state index in [0.717, 1.165) is 18.8 Å². The molecule has 17 heavy (non-hydrogen) atoms. The van der Waals surface area contributed by atoms with Gasteiger partial charge in [-0.25, -0.2) is 0 Å². The topological polar surface area (TPSA) is 45.5 Å². The number of amides is 1. The molecular weight excluding hydrogens is 216 g/mol. The highest BCUT2D eigenvalue weighted by Gasteiger charge is 2.18. The number of carbonyl (C=O) groups is 1. The maximum atomic E-state index is 11.7. The van der Waals surface area contributed by atoms with E-state index in [9.17, 15) is 4.79 Å². The van der Waals surface area contributed by atoms with E-state index in [4.69, 9.17) is 4.42 Å². The van der Waals surface area contributed by atoms with Crippen LogP contribution < -0.4 is 5.32 Å². The van der Waals surface area contributed by atoms with E-state index < -0.39 is 0 Å². The van der Waals surface area contributed by atoms with Crippen molar-refractivity contribution in [2.24, 2.45) is 5.92 Å². The quantitative estimate of drug-likeness (QED) is 0.864. The summed E-state index contributed by atoms with van der Waals surface area (Å²) in [5, 5.41) is 2.87. The summed E-state index contributed by atoms with van der Waals surface area (Å²) in [5.74, 6) is 1.59. The van der Waals surface area contributed by atoms with Gasteiger partial charge in [0.05, 0.1) is 19.4 Å². The van der Waals surface area contributed by atoms with E-state index >= 15 is 0 Å². The fourth-order valence-corrected chi connectivity index (χ4v) is 2.29. The number of carbonyl (C=O) groups excluding carboxylic acids is 1. The normalized spacial score (nSPS) is 21.4. The van der Waals surface area contributed by atoms with Crippen molar-refractivity contribution < 1.29 is 9.21 Å². The van der Waals surface area contributed by atoms with Crippen LogP contribution in [0.2, 0.25) is 0 Å². The molecule has 1 aliphatic rings. The van der Waals surface area contributed by atoms with Crippen molar-refractivity contribution >= 4 is 5.91 Å². The Bertz CT molecular complexity index is 348. The SMILES string of the molecule is C[C@H]1CCCN(CC(=O)NCc2ccco2)C1. The zero-order valence-electron chi connectivity index (χ0n) is 10.3. The first kappa shape index (κ1) is 12.2. The van der Waals surface area contributed by atoms with Crippen LogP contribution >= 0.6 is 0 Å². The van der Waals surface area contributed by atoms with Gasteiger partial charge in [-0.3, -0.25) is 9.69 Å². The zero-order valence-corrected chi connectivity index (χ0v) is 10.3. The lowest BCUT2D eigenvalue weighted by Gasteiger charge is -2.30. The Hall–Kier alpha value is -1.29. The monoisotopic (exact) mass is 236 g/mol. The third kappa shape index (κ3) is 3.89. The van der Waals surface area contributed by atoms with Gasteiger partial charge in [0.25, 0.3) is 0 Å². The predicted molar refractivity (Wildman–Crippen MR) is 65.4 cm³/mol. The van der Waals surface area contributed by atoms with Crippen LogP contribution in [-0.2, 0) is 11.3 Å². The second kappa shape index (κ2) is 5.87. The number of nitrogens with one attached hydrogen (secondary N) is 1.